The van der Waals surface area contributed by atoms with Crippen molar-refractivity contribution >= 4 is 16.8 Å². The van der Waals surface area contributed by atoms with E-state index in [1.54, 1.807) is 18.2 Å². The summed E-state index contributed by atoms with van der Waals surface area (Å²) >= 11 is 0. The van der Waals surface area contributed by atoms with Crippen molar-refractivity contribution < 1.29 is 9.90 Å². The van der Waals surface area contributed by atoms with Crippen LogP contribution in [0.4, 0.5) is 0 Å². The van der Waals surface area contributed by atoms with Crippen molar-refractivity contribution in [3.63, 3.8) is 0 Å². The normalized spacial score (nSPS) is 16.6. The predicted molar refractivity (Wildman–Crippen MR) is 75.7 cm³/mol. The summed E-state index contributed by atoms with van der Waals surface area (Å²) in [7, 11) is 0. The first kappa shape index (κ1) is 12.9. The van der Waals surface area contributed by atoms with E-state index in [1.165, 1.54) is 6.20 Å². The number of aliphatic hydroxyl groups is 1. The molecule has 5 heteroatoms. The van der Waals surface area contributed by atoms with Gasteiger partial charge in [-0.1, -0.05) is 12.1 Å². The molecule has 1 aromatic heterocycles. The molecule has 0 spiro atoms. The Morgan fingerprint density at radius 2 is 2.10 bits per heavy atom. The highest BCUT2D eigenvalue weighted by molar-refractivity contribution is 5.97. The predicted octanol–water partition coefficient (Wildman–Crippen LogP) is 1.17. The molecule has 0 saturated heterocycles. The molecule has 3 N–H and O–H groups in total. The van der Waals surface area contributed by atoms with Crippen LogP contribution >= 0.6 is 0 Å². The van der Waals surface area contributed by atoms with E-state index in [4.69, 9.17) is 0 Å². The minimum Gasteiger partial charge on any atom is -0.388 e. The summed E-state index contributed by atoms with van der Waals surface area (Å²) in [5.74, 6) is -0.447. The van der Waals surface area contributed by atoms with Crippen LogP contribution in [0.5, 0.6) is 0 Å². The number of H-pyrrole nitrogens is 1. The Bertz CT molecular complexity index is 716. The maximum atomic E-state index is 12.2. The van der Waals surface area contributed by atoms with E-state index < -0.39 is 11.5 Å². The van der Waals surface area contributed by atoms with Gasteiger partial charge < -0.3 is 15.4 Å². The molecule has 1 amide bonds. The molecule has 1 fully saturated rings. The summed E-state index contributed by atoms with van der Waals surface area (Å²) in [6.45, 7) is 0.193. The molecule has 5 nitrogen and oxygen atoms in total. The van der Waals surface area contributed by atoms with Crippen LogP contribution in [-0.2, 0) is 0 Å². The van der Waals surface area contributed by atoms with Gasteiger partial charge in [0.15, 0.2) is 0 Å². The lowest BCUT2D eigenvalue weighted by Crippen LogP contribution is -2.48. The Kier molecular flexibility index (Phi) is 3.06. The molecule has 0 aliphatic heterocycles. The molecule has 1 aliphatic rings. The highest BCUT2D eigenvalue weighted by Gasteiger charge is 2.34. The van der Waals surface area contributed by atoms with E-state index >= 15 is 0 Å². The average Bonchev–Trinajstić information content (AvgIpc) is 2.43. The molecule has 0 bridgehead atoms. The van der Waals surface area contributed by atoms with E-state index in [-0.39, 0.29) is 17.5 Å². The van der Waals surface area contributed by atoms with Crippen LogP contribution in [0.1, 0.15) is 29.6 Å². The van der Waals surface area contributed by atoms with Gasteiger partial charge in [0.1, 0.15) is 5.56 Å². The first-order chi connectivity index (χ1) is 9.59. The van der Waals surface area contributed by atoms with Gasteiger partial charge in [-0.3, -0.25) is 9.59 Å². The topological polar surface area (TPSA) is 82.2 Å². The number of aromatic amines is 1. The summed E-state index contributed by atoms with van der Waals surface area (Å²) in [5, 5.41) is 13.1. The van der Waals surface area contributed by atoms with Crippen molar-refractivity contribution in [2.75, 3.05) is 6.54 Å². The first-order valence-corrected chi connectivity index (χ1v) is 6.70. The lowest BCUT2D eigenvalue weighted by atomic mass is 9.80. The van der Waals surface area contributed by atoms with Crippen molar-refractivity contribution in [1.29, 1.82) is 0 Å². The standard InChI is InChI=1S/C15H16N2O3/c18-13-10-4-1-2-5-12(10)16-8-11(13)14(19)17-9-15(20)6-3-7-15/h1-2,4-5,8,20H,3,6-7,9H2,(H,16,18)(H,17,19). The summed E-state index contributed by atoms with van der Waals surface area (Å²) < 4.78 is 0. The van der Waals surface area contributed by atoms with Gasteiger partial charge in [-0.15, -0.1) is 0 Å². The van der Waals surface area contributed by atoms with Gasteiger partial charge in [-0.05, 0) is 31.4 Å². The van der Waals surface area contributed by atoms with Crippen molar-refractivity contribution in [3.05, 3.63) is 46.2 Å². The maximum Gasteiger partial charge on any atom is 0.256 e. The lowest BCUT2D eigenvalue weighted by Gasteiger charge is -2.36. The van der Waals surface area contributed by atoms with Crippen molar-refractivity contribution in [2.24, 2.45) is 0 Å². The number of benzene rings is 1. The monoisotopic (exact) mass is 272 g/mol. The zero-order chi connectivity index (χ0) is 14.2. The Hall–Kier alpha value is -2.14. The number of pyridine rings is 1. The number of hydrogen-bond donors (Lipinski definition) is 3. The molecule has 0 unspecified atom stereocenters. The van der Waals surface area contributed by atoms with Gasteiger partial charge in [0.05, 0.1) is 5.60 Å². The smallest absolute Gasteiger partial charge is 0.256 e. The molecule has 104 valence electrons. The zero-order valence-corrected chi connectivity index (χ0v) is 11.0. The van der Waals surface area contributed by atoms with Gasteiger partial charge in [0, 0.05) is 23.6 Å². The second-order valence-electron chi connectivity index (χ2n) is 5.34. The molecule has 0 radical (unpaired) electrons. The second-order valence-corrected chi connectivity index (χ2v) is 5.34. The molecular weight excluding hydrogens is 256 g/mol. The fraction of sp³-hybridized carbons (Fsp3) is 0.333. The number of carbonyl (C=O) groups excluding carboxylic acids is 1. The third-order valence-electron chi connectivity index (χ3n) is 3.90. The van der Waals surface area contributed by atoms with E-state index in [0.717, 1.165) is 6.42 Å². The third-order valence-corrected chi connectivity index (χ3v) is 3.90. The largest absolute Gasteiger partial charge is 0.388 e. The number of para-hydroxylation sites is 1. The molecule has 0 atom stereocenters. The Labute approximate surface area is 115 Å². The summed E-state index contributed by atoms with van der Waals surface area (Å²) in [5.41, 5.74) is -0.310. The highest BCUT2D eigenvalue weighted by atomic mass is 16.3. The minimum absolute atomic E-state index is 0.0756. The van der Waals surface area contributed by atoms with Crippen molar-refractivity contribution in [3.8, 4) is 0 Å². The Morgan fingerprint density at radius 3 is 2.80 bits per heavy atom. The molecule has 1 saturated carbocycles. The van der Waals surface area contributed by atoms with Crippen LogP contribution in [0.25, 0.3) is 10.9 Å². The molecule has 20 heavy (non-hydrogen) atoms. The van der Waals surface area contributed by atoms with E-state index in [2.05, 4.69) is 10.3 Å². The summed E-state index contributed by atoms with van der Waals surface area (Å²) in [4.78, 5) is 27.2. The summed E-state index contributed by atoms with van der Waals surface area (Å²) in [6.07, 6.45) is 3.79. The fourth-order valence-corrected chi connectivity index (χ4v) is 2.44. The van der Waals surface area contributed by atoms with Gasteiger partial charge in [-0.2, -0.15) is 0 Å². The molecule has 1 aliphatic carbocycles. The molecule has 1 heterocycles. The maximum absolute atomic E-state index is 12.2. The van der Waals surface area contributed by atoms with E-state index in [0.29, 0.717) is 23.7 Å². The molecule has 1 aromatic carbocycles. The van der Waals surface area contributed by atoms with Crippen molar-refractivity contribution in [1.82, 2.24) is 10.3 Å². The Balaban J connectivity index is 1.84. The highest BCUT2D eigenvalue weighted by Crippen LogP contribution is 2.30. The van der Waals surface area contributed by atoms with E-state index in [9.17, 15) is 14.7 Å². The number of fused-ring (bicyclic) bond motifs is 1. The Morgan fingerprint density at radius 1 is 1.35 bits per heavy atom. The van der Waals surface area contributed by atoms with E-state index in [1.807, 2.05) is 6.07 Å². The molecular formula is C15H16N2O3. The van der Waals surface area contributed by atoms with Crippen LogP contribution in [0, 0.1) is 0 Å². The van der Waals surface area contributed by atoms with Crippen LogP contribution in [0.3, 0.4) is 0 Å². The van der Waals surface area contributed by atoms with Crippen LogP contribution in [-0.4, -0.2) is 28.1 Å². The average molecular weight is 272 g/mol. The van der Waals surface area contributed by atoms with Crippen LogP contribution in [0.15, 0.2) is 35.3 Å². The number of rotatable bonds is 3. The van der Waals surface area contributed by atoms with Gasteiger partial charge in [-0.25, -0.2) is 0 Å². The zero-order valence-electron chi connectivity index (χ0n) is 11.0. The number of carbonyl (C=O) groups is 1. The van der Waals surface area contributed by atoms with Gasteiger partial charge in [0.25, 0.3) is 5.91 Å². The third kappa shape index (κ3) is 2.20. The minimum atomic E-state index is -0.792. The van der Waals surface area contributed by atoms with Crippen molar-refractivity contribution in [2.45, 2.75) is 24.9 Å². The quantitative estimate of drug-likeness (QED) is 0.784. The second kappa shape index (κ2) is 4.76. The molecule has 2 aromatic rings. The number of nitrogens with one attached hydrogen (secondary N) is 2. The fourth-order valence-electron chi connectivity index (χ4n) is 2.44. The van der Waals surface area contributed by atoms with Gasteiger partial charge >= 0.3 is 0 Å². The summed E-state index contributed by atoms with van der Waals surface area (Å²) in [6, 6.07) is 7.06. The van der Waals surface area contributed by atoms with Gasteiger partial charge in [0.2, 0.25) is 5.43 Å². The number of aromatic nitrogens is 1. The lowest BCUT2D eigenvalue weighted by molar-refractivity contribution is -0.0300. The number of amides is 1. The molecule has 3 rings (SSSR count). The SMILES string of the molecule is O=C(NCC1(O)CCC1)c1c[nH]c2ccccc2c1=O. The van der Waals surface area contributed by atoms with Crippen LogP contribution in [0.2, 0.25) is 0 Å². The first-order valence-electron chi connectivity index (χ1n) is 6.70. The number of hydrogen-bond acceptors (Lipinski definition) is 3. The van der Waals surface area contributed by atoms with Crippen LogP contribution < -0.4 is 10.7 Å².